The number of halogens is 4. The Labute approximate surface area is 113 Å². The molecule has 0 bridgehead atoms. The molecule has 0 saturated heterocycles. The lowest BCUT2D eigenvalue weighted by molar-refractivity contribution is 0.0917. The molecule has 0 aliphatic heterocycles. The molecule has 10 heteroatoms. The number of hydrogen-bond acceptors (Lipinski definition) is 4. The summed E-state index contributed by atoms with van der Waals surface area (Å²) in [6.45, 7) is 0. The van der Waals surface area contributed by atoms with Crippen LogP contribution in [0.5, 0.6) is 0 Å². The van der Waals surface area contributed by atoms with E-state index in [-0.39, 0.29) is 12.2 Å². The van der Waals surface area contributed by atoms with Crippen molar-refractivity contribution in [2.24, 2.45) is 0 Å². The fourth-order valence-electron chi connectivity index (χ4n) is 1.59. The summed E-state index contributed by atoms with van der Waals surface area (Å²) in [5.41, 5.74) is 0. The van der Waals surface area contributed by atoms with Crippen LogP contribution < -0.4 is 0 Å². The van der Waals surface area contributed by atoms with E-state index in [4.69, 9.17) is 54.0 Å². The molecule has 0 aromatic rings. The quantitative estimate of drug-likeness (QED) is 0.628. The van der Waals surface area contributed by atoms with Crippen LogP contribution in [-0.2, 0) is 18.2 Å². The van der Waals surface area contributed by atoms with E-state index in [1.54, 1.807) is 0 Å². The summed E-state index contributed by atoms with van der Waals surface area (Å²) in [7, 11) is 0. The third-order valence-corrected chi connectivity index (χ3v) is 4.21. The highest BCUT2D eigenvalue weighted by atomic mass is 35.9. The summed E-state index contributed by atoms with van der Waals surface area (Å²) in [6.07, 6.45) is -5.31. The summed E-state index contributed by atoms with van der Waals surface area (Å²) >= 11 is 21.2. The van der Waals surface area contributed by atoms with Gasteiger partial charge in [0.25, 0.3) is 0 Å². The van der Waals surface area contributed by atoms with E-state index in [2.05, 4.69) is 0 Å². The molecule has 1 aliphatic rings. The van der Waals surface area contributed by atoms with Crippen LogP contribution in [0.3, 0.4) is 0 Å². The van der Waals surface area contributed by atoms with Crippen molar-refractivity contribution in [1.29, 1.82) is 0 Å². The highest BCUT2D eigenvalue weighted by Gasteiger charge is 2.30. The Hall–Kier alpha value is 1.54. The minimum absolute atomic E-state index is 0.272. The molecule has 1 fully saturated rings. The number of hydrogen-bond donors (Lipinski definition) is 0. The first kappa shape index (κ1) is 15.6. The van der Waals surface area contributed by atoms with Gasteiger partial charge in [-0.05, 0) is 70.6 Å². The van der Waals surface area contributed by atoms with Crippen LogP contribution in [-0.4, -0.2) is 12.2 Å². The minimum atomic E-state index is -3.50. The van der Waals surface area contributed by atoms with Crippen molar-refractivity contribution in [2.75, 3.05) is 0 Å². The highest BCUT2D eigenvalue weighted by Crippen LogP contribution is 2.61. The van der Waals surface area contributed by atoms with Gasteiger partial charge >= 0.3 is 12.1 Å². The lowest BCUT2D eigenvalue weighted by atomic mass is 9.95. The van der Waals surface area contributed by atoms with Gasteiger partial charge < -0.3 is 9.05 Å². The normalized spacial score (nSPS) is 28.0. The van der Waals surface area contributed by atoms with Crippen molar-refractivity contribution in [3.8, 4) is 0 Å². The third-order valence-electron chi connectivity index (χ3n) is 2.16. The van der Waals surface area contributed by atoms with Crippen LogP contribution in [0.15, 0.2) is 0 Å². The Morgan fingerprint density at radius 3 is 1.19 bits per heavy atom. The molecule has 0 aromatic heterocycles. The maximum Gasteiger partial charge on any atom is 0.380 e. The van der Waals surface area contributed by atoms with Crippen molar-refractivity contribution in [3.05, 3.63) is 0 Å². The molecule has 0 aromatic carbocycles. The Kier molecular flexibility index (Phi) is 5.97. The minimum Gasteiger partial charge on any atom is -0.303 e. The number of rotatable bonds is 4. The SMILES string of the molecule is O=P(Cl)(Cl)OC1CCC(OP(=O)(Cl)Cl)CC1. The van der Waals surface area contributed by atoms with Gasteiger partial charge in [0.05, 0.1) is 12.2 Å². The van der Waals surface area contributed by atoms with Gasteiger partial charge in [-0.1, -0.05) is 0 Å². The second-order valence-electron chi connectivity index (χ2n) is 3.44. The monoisotopic (exact) mass is 348 g/mol. The molecule has 0 spiro atoms. The predicted molar refractivity (Wildman–Crippen MR) is 66.8 cm³/mol. The first-order valence-electron chi connectivity index (χ1n) is 4.51. The average molecular weight is 350 g/mol. The molecule has 0 N–H and O–H groups in total. The van der Waals surface area contributed by atoms with E-state index in [9.17, 15) is 9.13 Å². The maximum atomic E-state index is 11.0. The first-order chi connectivity index (χ1) is 7.16. The maximum absolute atomic E-state index is 11.0. The van der Waals surface area contributed by atoms with Crippen molar-refractivity contribution in [2.45, 2.75) is 37.9 Å². The predicted octanol–water partition coefficient (Wildman–Crippen LogP) is 5.50. The summed E-state index contributed by atoms with van der Waals surface area (Å²) in [6, 6.07) is 0. The van der Waals surface area contributed by atoms with E-state index < -0.39 is 12.1 Å². The van der Waals surface area contributed by atoms with Crippen molar-refractivity contribution in [3.63, 3.8) is 0 Å². The van der Waals surface area contributed by atoms with E-state index in [0.29, 0.717) is 25.7 Å². The molecule has 0 amide bonds. The molecule has 0 unspecified atom stereocenters. The molecule has 0 radical (unpaired) electrons. The van der Waals surface area contributed by atoms with E-state index in [1.165, 1.54) is 0 Å². The Bertz CT molecular complexity index is 286. The van der Waals surface area contributed by atoms with Gasteiger partial charge in [0, 0.05) is 0 Å². The van der Waals surface area contributed by atoms with Gasteiger partial charge in [0.15, 0.2) is 0 Å². The second-order valence-corrected chi connectivity index (χ2v) is 11.9. The topological polar surface area (TPSA) is 52.6 Å². The third kappa shape index (κ3) is 7.08. The van der Waals surface area contributed by atoms with E-state index in [0.717, 1.165) is 0 Å². The van der Waals surface area contributed by atoms with Crippen LogP contribution in [0.2, 0.25) is 0 Å². The molecule has 1 saturated carbocycles. The summed E-state index contributed by atoms with van der Waals surface area (Å²) in [4.78, 5) is 0. The molecule has 96 valence electrons. The molecule has 0 heterocycles. The summed E-state index contributed by atoms with van der Waals surface area (Å²) in [5, 5.41) is 0. The van der Waals surface area contributed by atoms with Crippen molar-refractivity contribution in [1.82, 2.24) is 0 Å². The largest absolute Gasteiger partial charge is 0.380 e. The van der Waals surface area contributed by atoms with Gasteiger partial charge in [0.2, 0.25) is 0 Å². The van der Waals surface area contributed by atoms with E-state index >= 15 is 0 Å². The summed E-state index contributed by atoms with van der Waals surface area (Å²) < 4.78 is 31.9. The zero-order chi connectivity index (χ0) is 12.4. The van der Waals surface area contributed by atoms with Gasteiger partial charge in [-0.2, -0.15) is 0 Å². The Morgan fingerprint density at radius 2 is 1.00 bits per heavy atom. The molecule has 16 heavy (non-hydrogen) atoms. The Balaban J connectivity index is 2.34. The van der Waals surface area contributed by atoms with Crippen LogP contribution in [0, 0.1) is 0 Å². The van der Waals surface area contributed by atoms with Gasteiger partial charge in [0.1, 0.15) is 0 Å². The zero-order valence-electron chi connectivity index (χ0n) is 8.02. The second kappa shape index (κ2) is 6.12. The average Bonchev–Trinajstić information content (AvgIpc) is 2.03. The van der Waals surface area contributed by atoms with Gasteiger partial charge in [-0.3, -0.25) is 9.13 Å². The van der Waals surface area contributed by atoms with Gasteiger partial charge in [-0.15, -0.1) is 0 Å². The highest BCUT2D eigenvalue weighted by molar-refractivity contribution is 8.05. The lowest BCUT2D eigenvalue weighted by Crippen LogP contribution is -2.24. The Morgan fingerprint density at radius 1 is 0.750 bits per heavy atom. The van der Waals surface area contributed by atoms with Crippen molar-refractivity contribution >= 4 is 57.1 Å². The fourth-order valence-corrected chi connectivity index (χ4v) is 4.06. The molecule has 1 rings (SSSR count). The van der Waals surface area contributed by atoms with Crippen LogP contribution in [0.25, 0.3) is 0 Å². The molecule has 1 aliphatic carbocycles. The van der Waals surface area contributed by atoms with E-state index in [1.807, 2.05) is 0 Å². The fraction of sp³-hybridized carbons (Fsp3) is 1.00. The lowest BCUT2D eigenvalue weighted by Gasteiger charge is -2.28. The standard InChI is InChI=1S/C6H10Cl4O4P2/c7-15(8,11)13-5-1-2-6(4-3-5)14-16(9,10)12/h5-6H,1-4H2. The van der Waals surface area contributed by atoms with Crippen LogP contribution in [0.4, 0.5) is 0 Å². The van der Waals surface area contributed by atoms with Crippen LogP contribution >= 0.6 is 57.1 Å². The molecular weight excluding hydrogens is 340 g/mol. The zero-order valence-corrected chi connectivity index (χ0v) is 12.8. The smallest absolute Gasteiger partial charge is 0.303 e. The molecular formula is C6H10Cl4O4P2. The van der Waals surface area contributed by atoms with Crippen LogP contribution in [0.1, 0.15) is 25.7 Å². The first-order valence-corrected chi connectivity index (χ1v) is 11.4. The molecule has 4 nitrogen and oxygen atoms in total. The van der Waals surface area contributed by atoms with Gasteiger partial charge in [-0.25, -0.2) is 0 Å². The van der Waals surface area contributed by atoms with Crippen molar-refractivity contribution < 1.29 is 18.2 Å². The summed E-state index contributed by atoms with van der Waals surface area (Å²) in [5.74, 6) is 0. The molecule has 0 atom stereocenters.